The van der Waals surface area contributed by atoms with Crippen molar-refractivity contribution >= 4 is 12.3 Å². The number of hydrogen-bond donors (Lipinski definition) is 0. The molecule has 0 aliphatic carbocycles. The van der Waals surface area contributed by atoms with Gasteiger partial charge in [-0.2, -0.15) is 0 Å². The van der Waals surface area contributed by atoms with E-state index >= 15 is 0 Å². The minimum absolute atomic E-state index is 0.121. The molecule has 3 aromatic rings. The lowest BCUT2D eigenvalue weighted by Gasteiger charge is -2.04. The molecule has 0 unspecified atom stereocenters. The minimum atomic E-state index is 0.121. The van der Waals surface area contributed by atoms with Crippen LogP contribution in [0.3, 0.4) is 0 Å². The van der Waals surface area contributed by atoms with E-state index in [0.29, 0.717) is 12.2 Å². The van der Waals surface area contributed by atoms with E-state index < -0.39 is 0 Å². The molecule has 0 bridgehead atoms. The van der Waals surface area contributed by atoms with E-state index in [1.54, 1.807) is 26.2 Å². The summed E-state index contributed by atoms with van der Waals surface area (Å²) in [5.41, 5.74) is 2.92. The van der Waals surface area contributed by atoms with Gasteiger partial charge in [0.15, 0.2) is 5.78 Å². The van der Waals surface area contributed by atoms with E-state index in [0.717, 1.165) is 22.4 Å². The SMILES string of the molecule is CC(=O)c1ccccc1.COc1ccc(-c2ccc(OC=O)cc2)cc1. The molecule has 0 N–H and O–H groups in total. The number of rotatable bonds is 5. The maximum atomic E-state index is 10.6. The van der Waals surface area contributed by atoms with Crippen LogP contribution in [0.5, 0.6) is 11.5 Å². The molecule has 132 valence electrons. The lowest BCUT2D eigenvalue weighted by atomic mass is 10.1. The highest BCUT2D eigenvalue weighted by Crippen LogP contribution is 2.24. The second-order valence-electron chi connectivity index (χ2n) is 5.39. The number of hydrogen-bond acceptors (Lipinski definition) is 4. The highest BCUT2D eigenvalue weighted by molar-refractivity contribution is 5.93. The molecule has 0 heterocycles. The van der Waals surface area contributed by atoms with Crippen LogP contribution in [-0.2, 0) is 4.79 Å². The first-order valence-corrected chi connectivity index (χ1v) is 8.05. The first-order chi connectivity index (χ1) is 12.6. The Balaban J connectivity index is 0.000000228. The normalized spacial score (nSPS) is 9.46. The molecule has 0 aliphatic heterocycles. The van der Waals surface area contributed by atoms with Crippen LogP contribution in [0.1, 0.15) is 17.3 Å². The summed E-state index contributed by atoms with van der Waals surface area (Å²) in [5.74, 6) is 1.49. The van der Waals surface area contributed by atoms with E-state index in [-0.39, 0.29) is 5.78 Å². The summed E-state index contributed by atoms with van der Waals surface area (Å²) in [6.07, 6.45) is 0. The minimum Gasteiger partial charge on any atom is -0.497 e. The summed E-state index contributed by atoms with van der Waals surface area (Å²) in [6, 6.07) is 24.3. The largest absolute Gasteiger partial charge is 0.497 e. The number of methoxy groups -OCH3 is 1. The third-order valence-electron chi connectivity index (χ3n) is 3.64. The van der Waals surface area contributed by atoms with Crippen molar-refractivity contribution in [3.63, 3.8) is 0 Å². The Labute approximate surface area is 153 Å². The molecule has 0 atom stereocenters. The maximum Gasteiger partial charge on any atom is 0.298 e. The fourth-order valence-corrected chi connectivity index (χ4v) is 2.24. The van der Waals surface area contributed by atoms with Crippen molar-refractivity contribution in [3.8, 4) is 22.6 Å². The summed E-state index contributed by atoms with van der Waals surface area (Å²) >= 11 is 0. The third kappa shape index (κ3) is 5.60. The predicted molar refractivity (Wildman–Crippen MR) is 102 cm³/mol. The number of benzene rings is 3. The lowest BCUT2D eigenvalue weighted by Crippen LogP contribution is -1.88. The Morgan fingerprint density at radius 2 is 1.27 bits per heavy atom. The molecular formula is C22H20O4. The predicted octanol–water partition coefficient (Wildman–Crippen LogP) is 4.79. The van der Waals surface area contributed by atoms with Gasteiger partial charge in [0.1, 0.15) is 11.5 Å². The van der Waals surface area contributed by atoms with E-state index in [9.17, 15) is 9.59 Å². The first kappa shape index (κ1) is 18.9. The van der Waals surface area contributed by atoms with Gasteiger partial charge < -0.3 is 9.47 Å². The summed E-state index contributed by atoms with van der Waals surface area (Å²) in [5, 5.41) is 0. The highest BCUT2D eigenvalue weighted by atomic mass is 16.5. The van der Waals surface area contributed by atoms with Crippen molar-refractivity contribution in [2.45, 2.75) is 6.92 Å². The van der Waals surface area contributed by atoms with Crippen LogP contribution in [0.25, 0.3) is 11.1 Å². The number of carbonyl (C=O) groups is 2. The Hall–Kier alpha value is -3.40. The van der Waals surface area contributed by atoms with Crippen LogP contribution in [0.2, 0.25) is 0 Å². The molecular weight excluding hydrogens is 328 g/mol. The van der Waals surface area contributed by atoms with E-state index in [1.165, 1.54) is 0 Å². The van der Waals surface area contributed by atoms with Gasteiger partial charge in [-0.25, -0.2) is 0 Å². The van der Waals surface area contributed by atoms with Crippen molar-refractivity contribution in [3.05, 3.63) is 84.4 Å². The zero-order valence-electron chi connectivity index (χ0n) is 14.7. The zero-order chi connectivity index (χ0) is 18.8. The quantitative estimate of drug-likeness (QED) is 0.491. The van der Waals surface area contributed by atoms with Crippen LogP contribution < -0.4 is 9.47 Å². The Morgan fingerprint density at radius 1 is 0.769 bits per heavy atom. The van der Waals surface area contributed by atoms with Crippen LogP contribution in [0.4, 0.5) is 0 Å². The third-order valence-corrected chi connectivity index (χ3v) is 3.64. The molecule has 0 aliphatic rings. The standard InChI is InChI=1S/C14H12O3.C8H8O/c1-16-13-6-2-11(3-7-13)12-4-8-14(9-5-12)17-10-15;1-7(9)8-5-3-2-4-6-8/h2-10H,1H3;2-6H,1H3. The molecule has 0 saturated heterocycles. The van der Waals surface area contributed by atoms with Gasteiger partial charge in [-0.15, -0.1) is 0 Å². The van der Waals surface area contributed by atoms with Gasteiger partial charge in [0.25, 0.3) is 6.47 Å². The monoisotopic (exact) mass is 348 g/mol. The van der Waals surface area contributed by atoms with Crippen LogP contribution >= 0.6 is 0 Å². The summed E-state index contributed by atoms with van der Waals surface area (Å²) in [6.45, 7) is 1.98. The Bertz CT molecular complexity index is 822. The summed E-state index contributed by atoms with van der Waals surface area (Å²) < 4.78 is 9.83. The average molecular weight is 348 g/mol. The molecule has 0 radical (unpaired) electrons. The van der Waals surface area contributed by atoms with Crippen molar-refractivity contribution in [1.29, 1.82) is 0 Å². The molecule has 0 fully saturated rings. The number of carbonyl (C=O) groups excluding carboxylic acids is 2. The van der Waals surface area contributed by atoms with Gasteiger partial charge in [0.2, 0.25) is 0 Å². The van der Waals surface area contributed by atoms with Crippen molar-refractivity contribution in [1.82, 2.24) is 0 Å². The van der Waals surface area contributed by atoms with Crippen LogP contribution in [0.15, 0.2) is 78.9 Å². The maximum absolute atomic E-state index is 10.6. The second-order valence-corrected chi connectivity index (χ2v) is 5.39. The molecule has 0 amide bonds. The molecule has 4 heteroatoms. The van der Waals surface area contributed by atoms with E-state index in [4.69, 9.17) is 9.47 Å². The molecule has 26 heavy (non-hydrogen) atoms. The van der Waals surface area contributed by atoms with Gasteiger partial charge in [-0.1, -0.05) is 54.6 Å². The van der Waals surface area contributed by atoms with Crippen molar-refractivity contribution < 1.29 is 19.1 Å². The van der Waals surface area contributed by atoms with Gasteiger partial charge in [-0.05, 0) is 42.3 Å². The molecule has 0 aromatic heterocycles. The van der Waals surface area contributed by atoms with Gasteiger partial charge >= 0.3 is 0 Å². The Kier molecular flexibility index (Phi) is 7.13. The number of ketones is 1. The van der Waals surface area contributed by atoms with E-state index in [2.05, 4.69) is 0 Å². The average Bonchev–Trinajstić information content (AvgIpc) is 2.70. The summed E-state index contributed by atoms with van der Waals surface area (Å²) in [4.78, 5) is 20.8. The Morgan fingerprint density at radius 3 is 1.65 bits per heavy atom. The number of Topliss-reactive ketones (excluding diaryl/α,β-unsaturated/α-hetero) is 1. The topological polar surface area (TPSA) is 52.6 Å². The van der Waals surface area contributed by atoms with Gasteiger partial charge in [0, 0.05) is 5.56 Å². The molecule has 0 spiro atoms. The fraction of sp³-hybridized carbons (Fsp3) is 0.0909. The molecule has 0 saturated carbocycles. The van der Waals surface area contributed by atoms with Gasteiger partial charge in [-0.3, -0.25) is 9.59 Å². The van der Waals surface area contributed by atoms with Crippen molar-refractivity contribution in [2.24, 2.45) is 0 Å². The molecule has 4 nitrogen and oxygen atoms in total. The first-order valence-electron chi connectivity index (χ1n) is 8.05. The smallest absolute Gasteiger partial charge is 0.298 e. The van der Waals surface area contributed by atoms with Gasteiger partial charge in [0.05, 0.1) is 7.11 Å². The fourth-order valence-electron chi connectivity index (χ4n) is 2.24. The van der Waals surface area contributed by atoms with E-state index in [1.807, 2.05) is 66.7 Å². The zero-order valence-corrected chi connectivity index (χ0v) is 14.7. The molecule has 3 rings (SSSR count). The van der Waals surface area contributed by atoms with Crippen LogP contribution in [0, 0.1) is 0 Å². The molecule has 3 aromatic carbocycles. The van der Waals surface area contributed by atoms with Crippen molar-refractivity contribution in [2.75, 3.05) is 7.11 Å². The summed E-state index contributed by atoms with van der Waals surface area (Å²) in [7, 11) is 1.64. The highest BCUT2D eigenvalue weighted by Gasteiger charge is 1.99. The second kappa shape index (κ2) is 9.79. The number of ether oxygens (including phenoxy) is 2. The lowest BCUT2D eigenvalue weighted by molar-refractivity contribution is -0.120. The van der Waals surface area contributed by atoms with Crippen LogP contribution in [-0.4, -0.2) is 19.4 Å².